The lowest BCUT2D eigenvalue weighted by Gasteiger charge is -2.27. The van der Waals surface area contributed by atoms with Gasteiger partial charge in [0.1, 0.15) is 12.3 Å². The molecule has 0 aliphatic rings. The zero-order chi connectivity index (χ0) is 20.9. The van der Waals surface area contributed by atoms with Gasteiger partial charge in [-0.2, -0.15) is 0 Å². The molecule has 0 saturated heterocycles. The standard InChI is InChI=1S/C20H25ClN2O4S/c1-14(2)15(3)22-20(24)13-23(18-12-16(21)10-11-19(18)27-4)28(25,26)17-8-6-5-7-9-17/h5-12,14-15H,13H2,1-4H3,(H,22,24). The fourth-order valence-electron chi connectivity index (χ4n) is 2.47. The largest absolute Gasteiger partial charge is 0.495 e. The summed E-state index contributed by atoms with van der Waals surface area (Å²) < 4.78 is 33.0. The molecule has 28 heavy (non-hydrogen) atoms. The number of rotatable bonds is 8. The van der Waals surface area contributed by atoms with E-state index in [0.29, 0.717) is 10.8 Å². The minimum Gasteiger partial charge on any atom is -0.495 e. The Morgan fingerprint density at radius 1 is 1.14 bits per heavy atom. The predicted octanol–water partition coefficient (Wildman–Crippen LogP) is 3.70. The highest BCUT2D eigenvalue weighted by Gasteiger charge is 2.30. The van der Waals surface area contributed by atoms with Crippen molar-refractivity contribution in [1.82, 2.24) is 5.32 Å². The van der Waals surface area contributed by atoms with E-state index in [0.717, 1.165) is 4.31 Å². The number of nitrogens with one attached hydrogen (secondary N) is 1. The highest BCUT2D eigenvalue weighted by atomic mass is 35.5. The van der Waals surface area contributed by atoms with Crippen molar-refractivity contribution in [1.29, 1.82) is 0 Å². The molecule has 0 fully saturated rings. The van der Waals surface area contributed by atoms with E-state index in [1.807, 2.05) is 20.8 Å². The summed E-state index contributed by atoms with van der Waals surface area (Å²) in [4.78, 5) is 12.7. The number of sulfonamides is 1. The van der Waals surface area contributed by atoms with Gasteiger partial charge in [-0.25, -0.2) is 8.42 Å². The third-order valence-electron chi connectivity index (χ3n) is 4.42. The number of hydrogen-bond donors (Lipinski definition) is 1. The molecule has 1 N–H and O–H groups in total. The van der Waals surface area contributed by atoms with Gasteiger partial charge in [-0.05, 0) is 43.2 Å². The summed E-state index contributed by atoms with van der Waals surface area (Å²) >= 11 is 6.10. The number of benzene rings is 2. The summed E-state index contributed by atoms with van der Waals surface area (Å²) in [6.45, 7) is 5.43. The van der Waals surface area contributed by atoms with Crippen LogP contribution in [0.1, 0.15) is 20.8 Å². The van der Waals surface area contributed by atoms with Crippen molar-refractivity contribution in [3.8, 4) is 5.75 Å². The van der Waals surface area contributed by atoms with Crippen molar-refractivity contribution >= 4 is 33.2 Å². The van der Waals surface area contributed by atoms with E-state index in [-0.39, 0.29) is 22.5 Å². The predicted molar refractivity (Wildman–Crippen MR) is 111 cm³/mol. The number of nitrogens with zero attached hydrogens (tertiary/aromatic N) is 1. The lowest BCUT2D eigenvalue weighted by molar-refractivity contribution is -0.120. The third-order valence-corrected chi connectivity index (χ3v) is 6.43. The molecule has 1 atom stereocenters. The molecule has 0 bridgehead atoms. The summed E-state index contributed by atoms with van der Waals surface area (Å²) in [6.07, 6.45) is 0. The van der Waals surface area contributed by atoms with Gasteiger partial charge in [-0.1, -0.05) is 43.6 Å². The molecule has 2 rings (SSSR count). The fourth-order valence-corrected chi connectivity index (χ4v) is 4.08. The molecule has 0 saturated carbocycles. The molecule has 152 valence electrons. The molecule has 0 spiro atoms. The summed E-state index contributed by atoms with van der Waals surface area (Å²) in [7, 11) is -2.59. The Balaban J connectivity index is 2.51. The van der Waals surface area contributed by atoms with Crippen LogP contribution >= 0.6 is 11.6 Å². The Hall–Kier alpha value is -2.25. The van der Waals surface area contributed by atoms with Gasteiger partial charge in [0.05, 0.1) is 17.7 Å². The second-order valence-electron chi connectivity index (χ2n) is 6.74. The van der Waals surface area contributed by atoms with Crippen molar-refractivity contribution in [2.24, 2.45) is 5.92 Å². The van der Waals surface area contributed by atoms with Crippen LogP contribution in [0.5, 0.6) is 5.75 Å². The lowest BCUT2D eigenvalue weighted by atomic mass is 10.1. The molecule has 0 aliphatic carbocycles. The zero-order valence-electron chi connectivity index (χ0n) is 16.3. The van der Waals surface area contributed by atoms with Crippen LogP contribution in [0.2, 0.25) is 5.02 Å². The first-order valence-electron chi connectivity index (χ1n) is 8.87. The van der Waals surface area contributed by atoms with Gasteiger partial charge < -0.3 is 10.1 Å². The molecular weight excluding hydrogens is 400 g/mol. The number of hydrogen-bond acceptors (Lipinski definition) is 4. The van der Waals surface area contributed by atoms with Gasteiger partial charge in [0.25, 0.3) is 10.0 Å². The summed E-state index contributed by atoms with van der Waals surface area (Å²) in [5.74, 6) is 0.0974. The van der Waals surface area contributed by atoms with Crippen molar-refractivity contribution in [2.75, 3.05) is 18.0 Å². The monoisotopic (exact) mass is 424 g/mol. The van der Waals surface area contributed by atoms with E-state index >= 15 is 0 Å². The molecule has 2 aromatic carbocycles. The summed E-state index contributed by atoms with van der Waals surface area (Å²) in [5.41, 5.74) is 0.200. The number of amides is 1. The summed E-state index contributed by atoms with van der Waals surface area (Å²) in [6, 6.07) is 12.5. The second-order valence-corrected chi connectivity index (χ2v) is 9.04. The average Bonchev–Trinajstić information content (AvgIpc) is 2.66. The van der Waals surface area contributed by atoms with E-state index in [1.54, 1.807) is 30.3 Å². The summed E-state index contributed by atoms with van der Waals surface area (Å²) in [5, 5.41) is 3.17. The topological polar surface area (TPSA) is 75.7 Å². The first-order valence-corrected chi connectivity index (χ1v) is 10.7. The van der Waals surface area contributed by atoms with Gasteiger partial charge in [-0.15, -0.1) is 0 Å². The molecule has 2 aromatic rings. The van der Waals surface area contributed by atoms with Crippen molar-refractivity contribution < 1.29 is 17.9 Å². The Labute approximate surface area is 171 Å². The van der Waals surface area contributed by atoms with Gasteiger partial charge in [0, 0.05) is 11.1 Å². The van der Waals surface area contributed by atoms with Gasteiger partial charge in [-0.3, -0.25) is 9.10 Å². The van der Waals surface area contributed by atoms with E-state index < -0.39 is 22.5 Å². The maximum Gasteiger partial charge on any atom is 0.264 e. The number of carbonyl (C=O) groups is 1. The highest BCUT2D eigenvalue weighted by Crippen LogP contribution is 2.34. The number of ether oxygens (including phenoxy) is 1. The SMILES string of the molecule is COc1ccc(Cl)cc1N(CC(=O)NC(C)C(C)C)S(=O)(=O)c1ccccc1. The molecule has 0 aromatic heterocycles. The van der Waals surface area contributed by atoms with Crippen LogP contribution in [0.3, 0.4) is 0 Å². The van der Waals surface area contributed by atoms with Crippen LogP contribution in [0.15, 0.2) is 53.4 Å². The van der Waals surface area contributed by atoms with E-state index in [4.69, 9.17) is 16.3 Å². The molecule has 1 amide bonds. The van der Waals surface area contributed by atoms with Crippen molar-refractivity contribution in [3.05, 3.63) is 53.6 Å². The quantitative estimate of drug-likeness (QED) is 0.700. The van der Waals surface area contributed by atoms with Crippen LogP contribution in [-0.4, -0.2) is 34.0 Å². The number of halogens is 1. The Kier molecular flexibility index (Phi) is 7.32. The minimum atomic E-state index is -4.02. The Bertz CT molecular complexity index is 917. The van der Waals surface area contributed by atoms with Gasteiger partial charge >= 0.3 is 0 Å². The van der Waals surface area contributed by atoms with Gasteiger partial charge in [0.2, 0.25) is 5.91 Å². The van der Waals surface area contributed by atoms with Crippen LogP contribution in [0, 0.1) is 5.92 Å². The van der Waals surface area contributed by atoms with Crippen LogP contribution in [-0.2, 0) is 14.8 Å². The Morgan fingerprint density at radius 2 is 1.79 bits per heavy atom. The Morgan fingerprint density at radius 3 is 2.36 bits per heavy atom. The van der Waals surface area contributed by atoms with E-state index in [1.165, 1.54) is 25.3 Å². The molecule has 1 unspecified atom stereocenters. The smallest absolute Gasteiger partial charge is 0.264 e. The number of methoxy groups -OCH3 is 1. The van der Waals surface area contributed by atoms with Crippen LogP contribution in [0.25, 0.3) is 0 Å². The van der Waals surface area contributed by atoms with Crippen LogP contribution < -0.4 is 14.4 Å². The maximum atomic E-state index is 13.3. The minimum absolute atomic E-state index is 0.0711. The molecule has 0 aliphatic heterocycles. The molecule has 0 radical (unpaired) electrons. The van der Waals surface area contributed by atoms with E-state index in [2.05, 4.69) is 5.32 Å². The first kappa shape index (κ1) is 22.0. The third kappa shape index (κ3) is 5.17. The number of anilines is 1. The average molecular weight is 425 g/mol. The molecule has 8 heteroatoms. The van der Waals surface area contributed by atoms with Crippen LogP contribution in [0.4, 0.5) is 5.69 Å². The zero-order valence-corrected chi connectivity index (χ0v) is 17.9. The van der Waals surface area contributed by atoms with Gasteiger partial charge in [0.15, 0.2) is 0 Å². The van der Waals surface area contributed by atoms with E-state index in [9.17, 15) is 13.2 Å². The highest BCUT2D eigenvalue weighted by molar-refractivity contribution is 7.92. The number of carbonyl (C=O) groups excluding carboxylic acids is 1. The molecular formula is C20H25ClN2O4S. The molecule has 6 nitrogen and oxygen atoms in total. The second kappa shape index (κ2) is 9.30. The molecule has 0 heterocycles. The maximum absolute atomic E-state index is 13.3. The first-order chi connectivity index (χ1) is 13.2. The van der Waals surface area contributed by atoms with Crippen molar-refractivity contribution in [3.63, 3.8) is 0 Å². The normalized spacial score (nSPS) is 12.5. The fraction of sp³-hybridized carbons (Fsp3) is 0.350. The lowest BCUT2D eigenvalue weighted by Crippen LogP contribution is -2.45. The van der Waals surface area contributed by atoms with Crippen molar-refractivity contribution in [2.45, 2.75) is 31.7 Å².